The Hall–Kier alpha value is -0.900. The van der Waals surface area contributed by atoms with Crippen LogP contribution in [0, 0.1) is 23.7 Å². The Morgan fingerprint density at radius 3 is 2.95 bits per heavy atom. The molecule has 0 aliphatic heterocycles. The highest BCUT2D eigenvalue weighted by molar-refractivity contribution is 4.94. The van der Waals surface area contributed by atoms with Crippen molar-refractivity contribution in [2.45, 2.75) is 52.6 Å². The topological polar surface area (TPSA) is 42.7 Å². The molecule has 1 N–H and O–H groups in total. The molecule has 2 aliphatic carbocycles. The van der Waals surface area contributed by atoms with Gasteiger partial charge in [-0.3, -0.25) is 4.68 Å². The van der Waals surface area contributed by atoms with Gasteiger partial charge in [-0.15, -0.1) is 5.10 Å². The average molecular weight is 262 g/mol. The molecular weight excluding hydrogens is 236 g/mol. The van der Waals surface area contributed by atoms with Crippen molar-refractivity contribution in [2.75, 3.05) is 6.54 Å². The van der Waals surface area contributed by atoms with Crippen LogP contribution in [0.25, 0.3) is 0 Å². The molecule has 1 aromatic heterocycles. The number of nitrogens with zero attached hydrogens (tertiary/aromatic N) is 3. The van der Waals surface area contributed by atoms with Crippen LogP contribution in [0.5, 0.6) is 0 Å². The van der Waals surface area contributed by atoms with Crippen LogP contribution in [0.1, 0.15) is 45.2 Å². The minimum Gasteiger partial charge on any atom is -0.311 e. The molecule has 4 heteroatoms. The number of nitrogens with one attached hydrogen (secondary N) is 1. The molecule has 3 unspecified atom stereocenters. The second kappa shape index (κ2) is 5.61. The molecular formula is C15H26N4. The smallest absolute Gasteiger partial charge is 0.0964 e. The summed E-state index contributed by atoms with van der Waals surface area (Å²) in [5.41, 5.74) is 1.07. The Balaban J connectivity index is 1.48. The van der Waals surface area contributed by atoms with Crippen LogP contribution in [0.3, 0.4) is 0 Å². The predicted octanol–water partition coefficient (Wildman–Crippen LogP) is 2.46. The summed E-state index contributed by atoms with van der Waals surface area (Å²) in [5, 5.41) is 12.0. The molecule has 2 bridgehead atoms. The number of hydrogen-bond acceptors (Lipinski definition) is 3. The third kappa shape index (κ3) is 3.16. The Morgan fingerprint density at radius 1 is 1.37 bits per heavy atom. The zero-order valence-corrected chi connectivity index (χ0v) is 12.2. The van der Waals surface area contributed by atoms with E-state index in [2.05, 4.69) is 40.4 Å². The maximum absolute atomic E-state index is 4.29. The van der Waals surface area contributed by atoms with E-state index in [1.54, 1.807) is 0 Å². The molecule has 4 nitrogen and oxygen atoms in total. The quantitative estimate of drug-likeness (QED) is 0.856. The van der Waals surface area contributed by atoms with Crippen molar-refractivity contribution < 1.29 is 0 Å². The number of rotatable bonds is 6. The maximum atomic E-state index is 4.29. The highest BCUT2D eigenvalue weighted by atomic mass is 15.4. The van der Waals surface area contributed by atoms with Crippen molar-refractivity contribution in [2.24, 2.45) is 23.7 Å². The number of hydrogen-bond donors (Lipinski definition) is 1. The van der Waals surface area contributed by atoms with E-state index in [-0.39, 0.29) is 0 Å². The molecule has 19 heavy (non-hydrogen) atoms. The summed E-state index contributed by atoms with van der Waals surface area (Å²) in [4.78, 5) is 0. The van der Waals surface area contributed by atoms with E-state index in [0.29, 0.717) is 5.92 Å². The van der Waals surface area contributed by atoms with Gasteiger partial charge in [0, 0.05) is 19.3 Å². The molecule has 0 saturated heterocycles. The molecule has 2 saturated carbocycles. The first-order chi connectivity index (χ1) is 9.20. The minimum atomic E-state index is 0.684. The van der Waals surface area contributed by atoms with E-state index in [9.17, 15) is 0 Å². The third-order valence-corrected chi connectivity index (χ3v) is 4.75. The molecule has 0 amide bonds. The van der Waals surface area contributed by atoms with E-state index >= 15 is 0 Å². The standard InChI is InChI=1S/C15H26N4/c1-11(2)7-16-8-15-10-19(18-17-15)9-14-6-12-3-4-13(14)5-12/h10-14,16H,3-9H2,1-2H3. The summed E-state index contributed by atoms with van der Waals surface area (Å²) in [6.07, 6.45) is 7.95. The van der Waals surface area contributed by atoms with Crippen molar-refractivity contribution >= 4 is 0 Å². The van der Waals surface area contributed by atoms with Gasteiger partial charge in [-0.25, -0.2) is 0 Å². The molecule has 2 fully saturated rings. The number of aromatic nitrogens is 3. The highest BCUT2D eigenvalue weighted by Gasteiger charge is 2.39. The molecule has 2 aliphatic rings. The van der Waals surface area contributed by atoms with E-state index in [1.165, 1.54) is 25.7 Å². The monoisotopic (exact) mass is 262 g/mol. The van der Waals surface area contributed by atoms with Gasteiger partial charge in [-0.05, 0) is 49.5 Å². The van der Waals surface area contributed by atoms with Crippen molar-refractivity contribution in [3.63, 3.8) is 0 Å². The lowest BCUT2D eigenvalue weighted by Gasteiger charge is -2.20. The lowest BCUT2D eigenvalue weighted by atomic mass is 9.89. The highest BCUT2D eigenvalue weighted by Crippen LogP contribution is 2.48. The van der Waals surface area contributed by atoms with Gasteiger partial charge in [0.1, 0.15) is 0 Å². The molecule has 0 spiro atoms. The molecule has 1 aromatic rings. The van der Waals surface area contributed by atoms with Crippen molar-refractivity contribution in [1.29, 1.82) is 0 Å². The van der Waals surface area contributed by atoms with E-state index in [0.717, 1.165) is 43.1 Å². The largest absolute Gasteiger partial charge is 0.311 e. The zero-order valence-electron chi connectivity index (χ0n) is 12.2. The number of fused-ring (bicyclic) bond motifs is 2. The van der Waals surface area contributed by atoms with Crippen LogP contribution in [-0.2, 0) is 13.1 Å². The predicted molar refractivity (Wildman–Crippen MR) is 75.5 cm³/mol. The fourth-order valence-electron chi connectivity index (χ4n) is 3.84. The van der Waals surface area contributed by atoms with Crippen LogP contribution in [0.2, 0.25) is 0 Å². The van der Waals surface area contributed by atoms with E-state index < -0.39 is 0 Å². The third-order valence-electron chi connectivity index (χ3n) is 4.75. The molecule has 3 atom stereocenters. The lowest BCUT2D eigenvalue weighted by Crippen LogP contribution is -2.19. The first-order valence-corrected chi connectivity index (χ1v) is 7.80. The van der Waals surface area contributed by atoms with Gasteiger partial charge in [0.05, 0.1) is 5.69 Å². The van der Waals surface area contributed by atoms with Crippen LogP contribution < -0.4 is 5.32 Å². The summed E-state index contributed by atoms with van der Waals surface area (Å²) in [5.74, 6) is 3.53. The lowest BCUT2D eigenvalue weighted by molar-refractivity contribution is 0.283. The SMILES string of the molecule is CC(C)CNCc1cn(CC2CC3CCC2C3)nn1. The molecule has 0 aromatic carbocycles. The Kier molecular flexibility index (Phi) is 3.87. The fraction of sp³-hybridized carbons (Fsp3) is 0.867. The molecule has 1 heterocycles. The van der Waals surface area contributed by atoms with Gasteiger partial charge >= 0.3 is 0 Å². The summed E-state index contributed by atoms with van der Waals surface area (Å²) >= 11 is 0. The Morgan fingerprint density at radius 2 is 2.26 bits per heavy atom. The Bertz CT molecular complexity index is 412. The summed E-state index contributed by atoms with van der Waals surface area (Å²) < 4.78 is 2.07. The molecule has 3 rings (SSSR count). The molecule has 0 radical (unpaired) electrons. The van der Waals surface area contributed by atoms with Crippen LogP contribution in [0.4, 0.5) is 0 Å². The second-order valence-corrected chi connectivity index (χ2v) is 6.89. The van der Waals surface area contributed by atoms with Gasteiger partial charge in [-0.2, -0.15) is 0 Å². The van der Waals surface area contributed by atoms with Gasteiger partial charge in [-0.1, -0.05) is 25.5 Å². The summed E-state index contributed by atoms with van der Waals surface area (Å²) in [6.45, 7) is 7.41. The molecule has 106 valence electrons. The van der Waals surface area contributed by atoms with E-state index in [1.807, 2.05) is 0 Å². The minimum absolute atomic E-state index is 0.684. The van der Waals surface area contributed by atoms with Crippen molar-refractivity contribution in [3.8, 4) is 0 Å². The normalized spacial score (nSPS) is 29.5. The van der Waals surface area contributed by atoms with Crippen LogP contribution >= 0.6 is 0 Å². The fourth-order valence-corrected chi connectivity index (χ4v) is 3.84. The average Bonchev–Trinajstić information content (AvgIpc) is 3.05. The second-order valence-electron chi connectivity index (χ2n) is 6.89. The van der Waals surface area contributed by atoms with Crippen molar-refractivity contribution in [1.82, 2.24) is 20.3 Å². The maximum Gasteiger partial charge on any atom is 0.0964 e. The Labute approximate surface area is 116 Å². The van der Waals surface area contributed by atoms with Crippen LogP contribution in [-0.4, -0.2) is 21.5 Å². The van der Waals surface area contributed by atoms with Crippen molar-refractivity contribution in [3.05, 3.63) is 11.9 Å². The zero-order chi connectivity index (χ0) is 13.2. The van der Waals surface area contributed by atoms with E-state index in [4.69, 9.17) is 0 Å². The summed E-state index contributed by atoms with van der Waals surface area (Å²) in [6, 6.07) is 0. The van der Waals surface area contributed by atoms with Gasteiger partial charge < -0.3 is 5.32 Å². The van der Waals surface area contributed by atoms with Gasteiger partial charge in [0.2, 0.25) is 0 Å². The summed E-state index contributed by atoms with van der Waals surface area (Å²) in [7, 11) is 0. The van der Waals surface area contributed by atoms with Crippen LogP contribution in [0.15, 0.2) is 6.20 Å². The van der Waals surface area contributed by atoms with Gasteiger partial charge in [0.15, 0.2) is 0 Å². The van der Waals surface area contributed by atoms with Gasteiger partial charge in [0.25, 0.3) is 0 Å². The first kappa shape index (κ1) is 13.1. The first-order valence-electron chi connectivity index (χ1n) is 7.80.